The largest absolute Gasteiger partial charge is 0.497 e. The van der Waals surface area contributed by atoms with Crippen LogP contribution in [-0.4, -0.2) is 22.2 Å². The summed E-state index contributed by atoms with van der Waals surface area (Å²) in [5.74, 6) is 1.67. The number of methoxy groups -OCH3 is 1. The third kappa shape index (κ3) is 2.84. The standard InChI is InChI=1S/C15H14N4O2/c1-20-11-4-5-12(13(16)8-11)15-18-14(19-21-15)7-10-3-2-6-17-9-10/h2-6,8-9H,7,16H2,1H3. The highest BCUT2D eigenvalue weighted by Crippen LogP contribution is 2.28. The van der Waals surface area contributed by atoms with Crippen LogP contribution in [0.15, 0.2) is 47.2 Å². The quantitative estimate of drug-likeness (QED) is 0.739. The summed E-state index contributed by atoms with van der Waals surface area (Å²) >= 11 is 0. The molecule has 3 rings (SSSR count). The van der Waals surface area contributed by atoms with Gasteiger partial charge in [0.2, 0.25) is 0 Å². The Kier molecular flexibility index (Phi) is 3.51. The number of ether oxygens (including phenoxy) is 1. The van der Waals surface area contributed by atoms with Gasteiger partial charge in [0.1, 0.15) is 5.75 Å². The van der Waals surface area contributed by atoms with Crippen LogP contribution in [0.2, 0.25) is 0 Å². The number of rotatable bonds is 4. The van der Waals surface area contributed by atoms with Crippen molar-refractivity contribution in [2.24, 2.45) is 0 Å². The van der Waals surface area contributed by atoms with Gasteiger partial charge in [0, 0.05) is 30.6 Å². The van der Waals surface area contributed by atoms with Crippen LogP contribution < -0.4 is 10.5 Å². The van der Waals surface area contributed by atoms with Crippen LogP contribution in [0.3, 0.4) is 0 Å². The van der Waals surface area contributed by atoms with E-state index in [0.717, 1.165) is 5.56 Å². The number of hydrogen-bond donors (Lipinski definition) is 1. The fourth-order valence-electron chi connectivity index (χ4n) is 1.98. The number of anilines is 1. The van der Waals surface area contributed by atoms with Gasteiger partial charge < -0.3 is 15.0 Å². The van der Waals surface area contributed by atoms with E-state index >= 15 is 0 Å². The molecule has 2 heterocycles. The molecule has 0 saturated heterocycles. The van der Waals surface area contributed by atoms with E-state index in [1.54, 1.807) is 37.7 Å². The van der Waals surface area contributed by atoms with E-state index < -0.39 is 0 Å². The van der Waals surface area contributed by atoms with Crippen LogP contribution in [0, 0.1) is 0 Å². The van der Waals surface area contributed by atoms with Gasteiger partial charge in [0.25, 0.3) is 5.89 Å². The minimum Gasteiger partial charge on any atom is -0.497 e. The van der Waals surface area contributed by atoms with Gasteiger partial charge in [-0.05, 0) is 23.8 Å². The molecule has 0 aliphatic heterocycles. The van der Waals surface area contributed by atoms with Crippen LogP contribution in [0.4, 0.5) is 5.69 Å². The zero-order valence-electron chi connectivity index (χ0n) is 11.5. The second-order valence-corrected chi connectivity index (χ2v) is 4.51. The molecular weight excluding hydrogens is 268 g/mol. The Morgan fingerprint density at radius 2 is 2.19 bits per heavy atom. The first kappa shape index (κ1) is 13.1. The van der Waals surface area contributed by atoms with Crippen molar-refractivity contribution in [3.63, 3.8) is 0 Å². The summed E-state index contributed by atoms with van der Waals surface area (Å²) in [6.07, 6.45) is 4.06. The number of aromatic nitrogens is 3. The van der Waals surface area contributed by atoms with Gasteiger partial charge in [-0.25, -0.2) is 0 Å². The highest BCUT2D eigenvalue weighted by molar-refractivity contribution is 5.71. The molecular formula is C15H14N4O2. The van der Waals surface area contributed by atoms with Crippen molar-refractivity contribution < 1.29 is 9.26 Å². The van der Waals surface area contributed by atoms with Gasteiger partial charge >= 0.3 is 0 Å². The summed E-state index contributed by atoms with van der Waals surface area (Å²) < 4.78 is 10.4. The zero-order chi connectivity index (χ0) is 14.7. The lowest BCUT2D eigenvalue weighted by molar-refractivity contribution is 0.414. The lowest BCUT2D eigenvalue weighted by Crippen LogP contribution is -1.93. The molecule has 0 amide bonds. The molecule has 0 aliphatic carbocycles. The normalized spacial score (nSPS) is 10.5. The zero-order valence-corrected chi connectivity index (χ0v) is 11.5. The second kappa shape index (κ2) is 5.62. The third-order valence-electron chi connectivity index (χ3n) is 3.04. The molecule has 21 heavy (non-hydrogen) atoms. The van der Waals surface area contributed by atoms with Gasteiger partial charge in [0.15, 0.2) is 5.82 Å². The van der Waals surface area contributed by atoms with E-state index in [1.165, 1.54) is 0 Å². The Bertz CT molecular complexity index is 740. The van der Waals surface area contributed by atoms with Crippen molar-refractivity contribution in [1.82, 2.24) is 15.1 Å². The lowest BCUT2D eigenvalue weighted by Gasteiger charge is -2.03. The number of pyridine rings is 1. The number of nitrogens with zero attached hydrogens (tertiary/aromatic N) is 3. The first-order valence-corrected chi connectivity index (χ1v) is 6.41. The average Bonchev–Trinajstić information content (AvgIpc) is 2.96. The van der Waals surface area contributed by atoms with Crippen LogP contribution >= 0.6 is 0 Å². The van der Waals surface area contributed by atoms with E-state index in [2.05, 4.69) is 15.1 Å². The summed E-state index contributed by atoms with van der Waals surface area (Å²) in [4.78, 5) is 8.42. The van der Waals surface area contributed by atoms with E-state index in [0.29, 0.717) is 35.1 Å². The number of nitrogen functional groups attached to an aromatic ring is 1. The fraction of sp³-hybridized carbons (Fsp3) is 0.133. The molecule has 0 aliphatic rings. The molecule has 3 aromatic rings. The van der Waals surface area contributed by atoms with Gasteiger partial charge in [-0.15, -0.1) is 0 Å². The van der Waals surface area contributed by atoms with Crippen LogP contribution in [-0.2, 0) is 6.42 Å². The molecule has 106 valence electrons. The summed E-state index contributed by atoms with van der Waals surface area (Å²) in [5, 5.41) is 3.97. The average molecular weight is 282 g/mol. The first-order valence-electron chi connectivity index (χ1n) is 6.41. The molecule has 0 radical (unpaired) electrons. The molecule has 0 bridgehead atoms. The monoisotopic (exact) mass is 282 g/mol. The Hall–Kier alpha value is -2.89. The summed E-state index contributed by atoms with van der Waals surface area (Å²) in [6.45, 7) is 0. The third-order valence-corrected chi connectivity index (χ3v) is 3.04. The van der Waals surface area contributed by atoms with E-state index in [9.17, 15) is 0 Å². The molecule has 2 N–H and O–H groups in total. The molecule has 6 nitrogen and oxygen atoms in total. The predicted octanol–water partition coefficient (Wildman–Crippen LogP) is 2.31. The Morgan fingerprint density at radius 3 is 2.90 bits per heavy atom. The van der Waals surface area contributed by atoms with Crippen molar-refractivity contribution in [3.05, 3.63) is 54.1 Å². The molecule has 1 aromatic carbocycles. The van der Waals surface area contributed by atoms with Gasteiger partial charge in [-0.2, -0.15) is 4.98 Å². The van der Waals surface area contributed by atoms with Crippen molar-refractivity contribution in [2.75, 3.05) is 12.8 Å². The van der Waals surface area contributed by atoms with Crippen LogP contribution in [0.5, 0.6) is 5.75 Å². The smallest absolute Gasteiger partial charge is 0.260 e. The van der Waals surface area contributed by atoms with E-state index in [4.69, 9.17) is 15.0 Å². The summed E-state index contributed by atoms with van der Waals surface area (Å²) in [5.41, 5.74) is 8.22. The first-order chi connectivity index (χ1) is 10.3. The molecule has 0 spiro atoms. The molecule has 0 fully saturated rings. The SMILES string of the molecule is COc1ccc(-c2nc(Cc3cccnc3)no2)c(N)c1. The maximum atomic E-state index is 5.97. The summed E-state index contributed by atoms with van der Waals surface area (Å²) in [7, 11) is 1.59. The predicted molar refractivity (Wildman–Crippen MR) is 77.7 cm³/mol. The Labute approximate surface area is 121 Å². The second-order valence-electron chi connectivity index (χ2n) is 4.51. The minimum absolute atomic E-state index is 0.397. The molecule has 0 saturated carbocycles. The molecule has 2 aromatic heterocycles. The molecule has 0 unspecified atom stereocenters. The fourth-order valence-corrected chi connectivity index (χ4v) is 1.98. The Morgan fingerprint density at radius 1 is 1.29 bits per heavy atom. The van der Waals surface area contributed by atoms with E-state index in [-0.39, 0.29) is 0 Å². The minimum atomic E-state index is 0.397. The lowest BCUT2D eigenvalue weighted by atomic mass is 10.1. The Balaban J connectivity index is 1.85. The van der Waals surface area contributed by atoms with E-state index in [1.807, 2.05) is 12.1 Å². The van der Waals surface area contributed by atoms with Gasteiger partial charge in [0.05, 0.1) is 12.7 Å². The maximum Gasteiger partial charge on any atom is 0.260 e. The number of benzene rings is 1. The van der Waals surface area contributed by atoms with Gasteiger partial charge in [-0.3, -0.25) is 4.98 Å². The topological polar surface area (TPSA) is 87.1 Å². The number of nitrogens with two attached hydrogens (primary N) is 1. The van der Waals surface area contributed by atoms with Crippen molar-refractivity contribution in [2.45, 2.75) is 6.42 Å². The highest BCUT2D eigenvalue weighted by Gasteiger charge is 2.12. The highest BCUT2D eigenvalue weighted by atomic mass is 16.5. The van der Waals surface area contributed by atoms with Crippen LogP contribution in [0.1, 0.15) is 11.4 Å². The van der Waals surface area contributed by atoms with Crippen molar-refractivity contribution in [3.8, 4) is 17.2 Å². The number of hydrogen-bond acceptors (Lipinski definition) is 6. The van der Waals surface area contributed by atoms with Crippen molar-refractivity contribution >= 4 is 5.69 Å². The summed E-state index contributed by atoms with van der Waals surface area (Å²) in [6, 6.07) is 9.16. The maximum absolute atomic E-state index is 5.97. The van der Waals surface area contributed by atoms with Gasteiger partial charge in [-0.1, -0.05) is 11.2 Å². The molecule has 0 atom stereocenters. The molecule has 6 heteroatoms. The van der Waals surface area contributed by atoms with Crippen molar-refractivity contribution in [1.29, 1.82) is 0 Å². The van der Waals surface area contributed by atoms with Crippen LogP contribution in [0.25, 0.3) is 11.5 Å².